The van der Waals surface area contributed by atoms with Gasteiger partial charge < -0.3 is 13.9 Å². The molecule has 0 spiro atoms. The summed E-state index contributed by atoms with van der Waals surface area (Å²) in [7, 11) is 0. The lowest BCUT2D eigenvalue weighted by Crippen LogP contribution is -2.15. The maximum absolute atomic E-state index is 11.0. The van der Waals surface area contributed by atoms with Gasteiger partial charge in [-0.25, -0.2) is 9.97 Å². The van der Waals surface area contributed by atoms with Crippen molar-refractivity contribution >= 4 is 17.1 Å². The minimum absolute atomic E-state index is 0.0699. The minimum atomic E-state index is -0.798. The van der Waals surface area contributed by atoms with Crippen LogP contribution in [0.1, 0.15) is 36.7 Å². The third-order valence-electron chi connectivity index (χ3n) is 3.91. The molecule has 0 radical (unpaired) electrons. The predicted octanol–water partition coefficient (Wildman–Crippen LogP) is 3.10. The van der Waals surface area contributed by atoms with Crippen molar-refractivity contribution in [3.8, 4) is 0 Å². The van der Waals surface area contributed by atoms with Gasteiger partial charge in [0.1, 0.15) is 11.3 Å². The summed E-state index contributed by atoms with van der Waals surface area (Å²) in [5, 5.41) is 9.75. The van der Waals surface area contributed by atoms with E-state index in [2.05, 4.69) is 9.97 Å². The van der Waals surface area contributed by atoms with Gasteiger partial charge in [0.15, 0.2) is 5.78 Å². The highest BCUT2D eigenvalue weighted by molar-refractivity contribution is 5.94. The third-order valence-corrected chi connectivity index (χ3v) is 3.91. The number of pyridine rings is 2. The molecule has 0 unspecified atom stereocenters. The molecule has 4 heterocycles. The van der Waals surface area contributed by atoms with E-state index >= 15 is 0 Å². The van der Waals surface area contributed by atoms with Crippen molar-refractivity contribution < 1.29 is 9.90 Å². The Morgan fingerprint density at radius 3 is 2.08 bits per heavy atom. The quantitative estimate of drug-likeness (QED) is 0.571. The fraction of sp³-hybridized carbons (Fsp3) is 0.211. The molecular formula is C19H20N4O2. The summed E-state index contributed by atoms with van der Waals surface area (Å²) in [6.45, 7) is 5.08. The van der Waals surface area contributed by atoms with Crippen LogP contribution >= 0.6 is 0 Å². The van der Waals surface area contributed by atoms with E-state index in [1.54, 1.807) is 45.3 Å². The summed E-state index contributed by atoms with van der Waals surface area (Å²) in [5.74, 6) is 0.0699. The second-order valence-corrected chi connectivity index (χ2v) is 6.33. The number of ketones is 1. The maximum atomic E-state index is 11.0. The number of rotatable bonds is 2. The Hall–Kier alpha value is -2.99. The minimum Gasteiger partial charge on any atom is -0.386 e. The van der Waals surface area contributed by atoms with Crippen LogP contribution in [-0.4, -0.2) is 29.7 Å². The fourth-order valence-corrected chi connectivity index (χ4v) is 2.42. The average molecular weight is 336 g/mol. The lowest BCUT2D eigenvalue weighted by molar-refractivity contribution is 0.0786. The Morgan fingerprint density at radius 1 is 0.960 bits per heavy atom. The molecule has 0 aromatic carbocycles. The van der Waals surface area contributed by atoms with Crippen LogP contribution in [0.2, 0.25) is 0 Å². The highest BCUT2D eigenvalue weighted by atomic mass is 16.3. The molecule has 4 aromatic rings. The van der Waals surface area contributed by atoms with Crippen molar-refractivity contribution in [1.29, 1.82) is 0 Å². The van der Waals surface area contributed by atoms with E-state index in [0.29, 0.717) is 5.56 Å². The first kappa shape index (κ1) is 16.9. The topological polar surface area (TPSA) is 71.9 Å². The monoisotopic (exact) mass is 336 g/mol. The van der Waals surface area contributed by atoms with E-state index in [0.717, 1.165) is 16.9 Å². The first-order valence-electron chi connectivity index (χ1n) is 7.94. The van der Waals surface area contributed by atoms with Crippen LogP contribution in [0, 0.1) is 0 Å². The van der Waals surface area contributed by atoms with Gasteiger partial charge in [0.25, 0.3) is 0 Å². The molecule has 4 aromatic heterocycles. The highest BCUT2D eigenvalue weighted by Gasteiger charge is 2.15. The second-order valence-electron chi connectivity index (χ2n) is 6.33. The van der Waals surface area contributed by atoms with Gasteiger partial charge in [-0.1, -0.05) is 0 Å². The maximum Gasteiger partial charge on any atom is 0.159 e. The molecule has 0 bridgehead atoms. The standard InChI is InChI=1S/C10H12N2O.C9H8N2O/c1-10(2,13)8-3-5-12-6-4-11-9(12)7-8;1-7(12)8-2-4-11-5-3-10-9(11)6-8/h3-7,13H,1-2H3;2-6H,1H3. The zero-order valence-electron chi connectivity index (χ0n) is 14.4. The van der Waals surface area contributed by atoms with E-state index in [4.69, 9.17) is 0 Å². The van der Waals surface area contributed by atoms with E-state index in [9.17, 15) is 9.90 Å². The van der Waals surface area contributed by atoms with Crippen LogP contribution in [0.15, 0.2) is 61.4 Å². The Bertz CT molecular complexity index is 1020. The largest absolute Gasteiger partial charge is 0.386 e. The van der Waals surface area contributed by atoms with Crippen LogP contribution < -0.4 is 0 Å². The van der Waals surface area contributed by atoms with E-state index in [1.165, 1.54) is 0 Å². The molecule has 0 amide bonds. The van der Waals surface area contributed by atoms with Crippen molar-refractivity contribution in [3.05, 3.63) is 72.6 Å². The molecule has 0 saturated heterocycles. The highest BCUT2D eigenvalue weighted by Crippen LogP contribution is 2.20. The van der Waals surface area contributed by atoms with E-state index in [-0.39, 0.29) is 5.78 Å². The summed E-state index contributed by atoms with van der Waals surface area (Å²) >= 11 is 0. The summed E-state index contributed by atoms with van der Waals surface area (Å²) in [6.07, 6.45) is 10.9. The number of carbonyl (C=O) groups excluding carboxylic acids is 1. The van der Waals surface area contributed by atoms with Crippen LogP contribution in [0.4, 0.5) is 0 Å². The first-order valence-corrected chi connectivity index (χ1v) is 7.94. The Labute approximate surface area is 145 Å². The third kappa shape index (κ3) is 3.75. The number of aliphatic hydroxyl groups is 1. The van der Waals surface area contributed by atoms with Crippen molar-refractivity contribution in [3.63, 3.8) is 0 Å². The Morgan fingerprint density at radius 2 is 1.52 bits per heavy atom. The summed E-state index contributed by atoms with van der Waals surface area (Å²) in [6, 6.07) is 7.36. The van der Waals surface area contributed by atoms with Crippen LogP contribution in [0.25, 0.3) is 11.3 Å². The lowest BCUT2D eigenvalue weighted by atomic mass is 10.00. The molecule has 1 N–H and O–H groups in total. The number of fused-ring (bicyclic) bond motifs is 2. The molecule has 0 saturated carbocycles. The van der Waals surface area contributed by atoms with Gasteiger partial charge in [0.05, 0.1) is 5.60 Å². The van der Waals surface area contributed by atoms with Crippen molar-refractivity contribution in [1.82, 2.24) is 18.8 Å². The molecule has 0 fully saturated rings. The van der Waals surface area contributed by atoms with E-state index in [1.807, 2.05) is 45.7 Å². The average Bonchev–Trinajstić information content (AvgIpc) is 3.22. The zero-order valence-corrected chi connectivity index (χ0v) is 14.4. The zero-order chi connectivity index (χ0) is 18.0. The number of nitrogens with zero attached hydrogens (tertiary/aromatic N) is 4. The number of hydrogen-bond donors (Lipinski definition) is 1. The van der Waals surface area contributed by atoms with Crippen molar-refractivity contribution in [2.24, 2.45) is 0 Å². The molecule has 6 nitrogen and oxygen atoms in total. The van der Waals surface area contributed by atoms with E-state index < -0.39 is 5.60 Å². The number of carbonyl (C=O) groups is 1. The van der Waals surface area contributed by atoms with Gasteiger partial charge in [-0.3, -0.25) is 4.79 Å². The van der Waals surface area contributed by atoms with Gasteiger partial charge in [0, 0.05) is 42.7 Å². The van der Waals surface area contributed by atoms with Crippen LogP contribution in [0.5, 0.6) is 0 Å². The molecule has 25 heavy (non-hydrogen) atoms. The van der Waals surface area contributed by atoms with Gasteiger partial charge in [-0.2, -0.15) is 0 Å². The molecule has 0 aliphatic rings. The summed E-state index contributed by atoms with van der Waals surface area (Å²) < 4.78 is 3.78. The van der Waals surface area contributed by atoms with Crippen LogP contribution in [-0.2, 0) is 5.60 Å². The molecule has 0 aliphatic carbocycles. The van der Waals surface area contributed by atoms with Crippen molar-refractivity contribution in [2.45, 2.75) is 26.4 Å². The summed E-state index contributed by atoms with van der Waals surface area (Å²) in [5.41, 5.74) is 2.45. The van der Waals surface area contributed by atoms with Gasteiger partial charge >= 0.3 is 0 Å². The molecule has 6 heteroatoms. The summed E-state index contributed by atoms with van der Waals surface area (Å²) in [4.78, 5) is 19.2. The fourth-order valence-electron chi connectivity index (χ4n) is 2.42. The molecule has 0 atom stereocenters. The lowest BCUT2D eigenvalue weighted by Gasteiger charge is -2.17. The van der Waals surface area contributed by atoms with Crippen molar-refractivity contribution in [2.75, 3.05) is 0 Å². The Balaban J connectivity index is 0.000000146. The second kappa shape index (κ2) is 6.49. The smallest absolute Gasteiger partial charge is 0.159 e. The number of hydrogen-bond acceptors (Lipinski definition) is 4. The first-order chi connectivity index (χ1) is 11.8. The van der Waals surface area contributed by atoms with Crippen LogP contribution in [0.3, 0.4) is 0 Å². The number of Topliss-reactive ketones (excluding diaryl/α,β-unsaturated/α-hetero) is 1. The van der Waals surface area contributed by atoms with Gasteiger partial charge in [0.2, 0.25) is 0 Å². The molecule has 4 rings (SSSR count). The SMILES string of the molecule is CC(=O)c1ccn2ccnc2c1.CC(C)(O)c1ccn2ccnc2c1. The molecule has 0 aliphatic heterocycles. The molecule has 128 valence electrons. The molecular weight excluding hydrogens is 316 g/mol. The number of aromatic nitrogens is 4. The van der Waals surface area contributed by atoms with Gasteiger partial charge in [-0.05, 0) is 50.6 Å². The predicted molar refractivity (Wildman–Crippen MR) is 95.6 cm³/mol. The number of imidazole rings is 2. The van der Waals surface area contributed by atoms with Gasteiger partial charge in [-0.15, -0.1) is 0 Å². The Kier molecular flexibility index (Phi) is 4.37. The normalized spacial score (nSPS) is 11.4.